The minimum Gasteiger partial charge on any atom is -0.384 e. The van der Waals surface area contributed by atoms with Crippen molar-refractivity contribution in [2.24, 2.45) is 0 Å². The molecule has 0 aliphatic heterocycles. The van der Waals surface area contributed by atoms with Crippen LogP contribution in [0, 0.1) is 0 Å². The average molecular weight is 230 g/mol. The van der Waals surface area contributed by atoms with E-state index in [1.807, 2.05) is 18.2 Å². The molecule has 0 saturated carbocycles. The van der Waals surface area contributed by atoms with Crippen molar-refractivity contribution in [3.8, 4) is 0 Å². The summed E-state index contributed by atoms with van der Waals surface area (Å²) in [7, 11) is 0. The van der Waals surface area contributed by atoms with Gasteiger partial charge in [0.15, 0.2) is 0 Å². The van der Waals surface area contributed by atoms with Gasteiger partial charge >= 0.3 is 0 Å². The van der Waals surface area contributed by atoms with Crippen LogP contribution in [0.15, 0.2) is 30.9 Å². The molecule has 14 heavy (non-hydrogen) atoms. The molecule has 0 unspecified atom stereocenters. The number of rotatable bonds is 5. The number of hydrogen-bond donors (Lipinski definition) is 1. The smallest absolute Gasteiger partial charge is 0.0823 e. The van der Waals surface area contributed by atoms with E-state index in [-0.39, 0.29) is 0 Å². The normalized spacial score (nSPS) is 9.86. The van der Waals surface area contributed by atoms with Crippen molar-refractivity contribution in [1.29, 1.82) is 0 Å². The maximum atomic E-state index is 5.99. The average Bonchev–Trinajstić information content (AvgIpc) is 2.19. The molecule has 0 bridgehead atoms. The van der Waals surface area contributed by atoms with Crippen LogP contribution >= 0.6 is 23.2 Å². The Kier molecular flexibility index (Phi) is 4.85. The molecule has 1 aromatic rings. The third-order valence-corrected chi connectivity index (χ3v) is 2.67. The number of benzene rings is 1. The van der Waals surface area contributed by atoms with Gasteiger partial charge in [-0.1, -0.05) is 35.3 Å². The molecule has 0 amide bonds. The molecule has 0 fully saturated rings. The van der Waals surface area contributed by atoms with Crippen LogP contribution in [0.1, 0.15) is 12.8 Å². The van der Waals surface area contributed by atoms with Crippen LogP contribution in [0.5, 0.6) is 0 Å². The molecule has 76 valence electrons. The summed E-state index contributed by atoms with van der Waals surface area (Å²) in [5.41, 5.74) is 0.892. The first-order valence-electron chi connectivity index (χ1n) is 4.54. The van der Waals surface area contributed by atoms with Gasteiger partial charge in [0.05, 0.1) is 15.7 Å². The second-order valence-corrected chi connectivity index (χ2v) is 3.74. The quantitative estimate of drug-likeness (QED) is 0.584. The summed E-state index contributed by atoms with van der Waals surface area (Å²) in [6, 6.07) is 5.57. The van der Waals surface area contributed by atoms with Crippen molar-refractivity contribution >= 4 is 28.9 Å². The molecule has 1 N–H and O–H groups in total. The van der Waals surface area contributed by atoms with Crippen LogP contribution in [0.3, 0.4) is 0 Å². The zero-order valence-electron chi connectivity index (χ0n) is 7.89. The molecule has 0 aliphatic rings. The lowest BCUT2D eigenvalue weighted by atomic mass is 10.3. The molecule has 1 aromatic carbocycles. The predicted molar refractivity (Wildman–Crippen MR) is 64.4 cm³/mol. The molecule has 0 radical (unpaired) electrons. The second-order valence-electron chi connectivity index (χ2n) is 2.96. The van der Waals surface area contributed by atoms with Gasteiger partial charge in [-0.3, -0.25) is 0 Å². The Morgan fingerprint density at radius 3 is 2.86 bits per heavy atom. The molecule has 1 nitrogen and oxygen atoms in total. The summed E-state index contributed by atoms with van der Waals surface area (Å²) < 4.78 is 0. The molecule has 0 atom stereocenters. The molecule has 0 aliphatic carbocycles. The Balaban J connectivity index is 2.50. The number of hydrogen-bond acceptors (Lipinski definition) is 1. The highest BCUT2D eigenvalue weighted by Crippen LogP contribution is 2.29. The van der Waals surface area contributed by atoms with Gasteiger partial charge in [-0.05, 0) is 25.0 Å². The van der Waals surface area contributed by atoms with Gasteiger partial charge in [0, 0.05) is 6.54 Å². The van der Waals surface area contributed by atoms with E-state index in [0.717, 1.165) is 25.1 Å². The van der Waals surface area contributed by atoms with E-state index < -0.39 is 0 Å². The maximum absolute atomic E-state index is 5.99. The van der Waals surface area contributed by atoms with Gasteiger partial charge in [-0.15, -0.1) is 6.58 Å². The van der Waals surface area contributed by atoms with Gasteiger partial charge in [0.1, 0.15) is 0 Å². The van der Waals surface area contributed by atoms with Gasteiger partial charge < -0.3 is 5.32 Å². The number of allylic oxidation sites excluding steroid dienone is 1. The standard InChI is InChI=1S/C11H13Cl2N/c1-2-3-4-8-14-10-7-5-6-9(12)11(10)13/h2,5-7,14H,1,3-4,8H2. The van der Waals surface area contributed by atoms with Crippen molar-refractivity contribution in [1.82, 2.24) is 0 Å². The van der Waals surface area contributed by atoms with Crippen molar-refractivity contribution < 1.29 is 0 Å². The third-order valence-electron chi connectivity index (χ3n) is 1.85. The molecule has 0 spiro atoms. The Morgan fingerprint density at radius 2 is 2.14 bits per heavy atom. The number of unbranched alkanes of at least 4 members (excludes halogenated alkanes) is 1. The van der Waals surface area contributed by atoms with Gasteiger partial charge in [-0.25, -0.2) is 0 Å². The van der Waals surface area contributed by atoms with Gasteiger partial charge in [0.25, 0.3) is 0 Å². The van der Waals surface area contributed by atoms with Crippen molar-refractivity contribution in [3.63, 3.8) is 0 Å². The van der Waals surface area contributed by atoms with Crippen LogP contribution in [0.4, 0.5) is 5.69 Å². The van der Waals surface area contributed by atoms with E-state index in [0.29, 0.717) is 10.0 Å². The minimum atomic E-state index is 0.584. The van der Waals surface area contributed by atoms with E-state index in [2.05, 4.69) is 11.9 Å². The summed E-state index contributed by atoms with van der Waals surface area (Å²) in [6.07, 6.45) is 3.96. The fourth-order valence-corrected chi connectivity index (χ4v) is 1.48. The molecule has 3 heteroatoms. The highest BCUT2D eigenvalue weighted by molar-refractivity contribution is 6.43. The van der Waals surface area contributed by atoms with Gasteiger partial charge in [0.2, 0.25) is 0 Å². The molecular weight excluding hydrogens is 217 g/mol. The van der Waals surface area contributed by atoms with Gasteiger partial charge in [-0.2, -0.15) is 0 Å². The largest absolute Gasteiger partial charge is 0.384 e. The van der Waals surface area contributed by atoms with Crippen LogP contribution in [0.25, 0.3) is 0 Å². The molecule has 1 rings (SSSR count). The fraction of sp³-hybridized carbons (Fsp3) is 0.273. The molecule has 0 aromatic heterocycles. The summed E-state index contributed by atoms with van der Waals surface area (Å²) in [4.78, 5) is 0. The first-order chi connectivity index (χ1) is 6.75. The number of nitrogens with one attached hydrogen (secondary N) is 1. The third kappa shape index (κ3) is 3.24. The SMILES string of the molecule is C=CCCCNc1cccc(Cl)c1Cl. The Bertz CT molecular complexity index is 310. The number of halogens is 2. The first-order valence-corrected chi connectivity index (χ1v) is 5.30. The van der Waals surface area contributed by atoms with Crippen LogP contribution < -0.4 is 5.32 Å². The molecule has 0 saturated heterocycles. The Labute approximate surface area is 94.7 Å². The molecule has 0 heterocycles. The summed E-state index contributed by atoms with van der Waals surface area (Å²) in [5, 5.41) is 4.40. The van der Waals surface area contributed by atoms with Crippen LogP contribution in [0.2, 0.25) is 10.0 Å². The summed E-state index contributed by atoms with van der Waals surface area (Å²) >= 11 is 11.9. The van der Waals surface area contributed by atoms with Crippen molar-refractivity contribution in [2.45, 2.75) is 12.8 Å². The summed E-state index contributed by atoms with van der Waals surface area (Å²) in [6.45, 7) is 4.54. The highest BCUT2D eigenvalue weighted by Gasteiger charge is 2.02. The number of anilines is 1. The zero-order chi connectivity index (χ0) is 10.4. The zero-order valence-corrected chi connectivity index (χ0v) is 9.41. The van der Waals surface area contributed by atoms with E-state index >= 15 is 0 Å². The van der Waals surface area contributed by atoms with E-state index in [1.54, 1.807) is 6.07 Å². The van der Waals surface area contributed by atoms with Crippen LogP contribution in [-0.4, -0.2) is 6.54 Å². The highest BCUT2D eigenvalue weighted by atomic mass is 35.5. The minimum absolute atomic E-state index is 0.584. The van der Waals surface area contributed by atoms with E-state index in [4.69, 9.17) is 23.2 Å². The monoisotopic (exact) mass is 229 g/mol. The Morgan fingerprint density at radius 1 is 1.36 bits per heavy atom. The predicted octanol–water partition coefficient (Wildman–Crippen LogP) is 4.37. The summed E-state index contributed by atoms with van der Waals surface area (Å²) in [5.74, 6) is 0. The fourth-order valence-electron chi connectivity index (χ4n) is 1.11. The van der Waals surface area contributed by atoms with E-state index in [9.17, 15) is 0 Å². The lowest BCUT2D eigenvalue weighted by Gasteiger charge is -2.08. The lowest BCUT2D eigenvalue weighted by Crippen LogP contribution is -2.01. The maximum Gasteiger partial charge on any atom is 0.0823 e. The van der Waals surface area contributed by atoms with E-state index in [1.165, 1.54) is 0 Å². The van der Waals surface area contributed by atoms with Crippen LogP contribution in [-0.2, 0) is 0 Å². The van der Waals surface area contributed by atoms with Crippen molar-refractivity contribution in [2.75, 3.05) is 11.9 Å². The second kappa shape index (κ2) is 5.94. The molecular formula is C11H13Cl2N. The topological polar surface area (TPSA) is 12.0 Å². The first kappa shape index (κ1) is 11.4. The lowest BCUT2D eigenvalue weighted by molar-refractivity contribution is 0.891. The van der Waals surface area contributed by atoms with Crippen molar-refractivity contribution in [3.05, 3.63) is 40.9 Å². The Hall–Kier alpha value is -0.660.